The van der Waals surface area contributed by atoms with Gasteiger partial charge in [-0.25, -0.2) is 8.78 Å². The molecular formula is C29H41F2N5O2. The Labute approximate surface area is 224 Å². The Kier molecular flexibility index (Phi) is 7.61. The summed E-state index contributed by atoms with van der Waals surface area (Å²) in [5.41, 5.74) is 0.956. The Morgan fingerprint density at radius 1 is 1.11 bits per heavy atom. The third-order valence-electron chi connectivity index (χ3n) is 9.31. The van der Waals surface area contributed by atoms with Crippen LogP contribution in [0.5, 0.6) is 0 Å². The van der Waals surface area contributed by atoms with E-state index in [9.17, 15) is 18.8 Å². The number of rotatable bonds is 8. The molecule has 0 spiro atoms. The first-order chi connectivity index (χ1) is 18.1. The number of quaternary nitrogens is 1. The van der Waals surface area contributed by atoms with Crippen LogP contribution >= 0.6 is 0 Å². The van der Waals surface area contributed by atoms with Crippen LogP contribution in [-0.4, -0.2) is 49.9 Å². The monoisotopic (exact) mass is 529 g/mol. The zero-order valence-corrected chi connectivity index (χ0v) is 22.8. The van der Waals surface area contributed by atoms with Crippen LogP contribution in [0.15, 0.2) is 30.3 Å². The number of fused-ring (bicyclic) bond motifs is 2. The van der Waals surface area contributed by atoms with Crippen LogP contribution in [0.25, 0.3) is 0 Å². The molecule has 2 aromatic rings. The van der Waals surface area contributed by atoms with E-state index in [0.717, 1.165) is 42.9 Å². The summed E-state index contributed by atoms with van der Waals surface area (Å²) in [5.74, 6) is -1.06. The Hall–Kier alpha value is -2.39. The van der Waals surface area contributed by atoms with Gasteiger partial charge >= 0.3 is 0 Å². The van der Waals surface area contributed by atoms with E-state index in [0.29, 0.717) is 13.0 Å². The number of hydrogen-bond acceptors (Lipinski definition) is 4. The standard InChI is InChI=1S/C29H41F2N5O2/c1-19(2)27-34-33-20(3)35(27)23-17-24-9-10-25(18-23)36(24,38)16-13-26(21-7-5-4-6-8-21)32-28(37)22-11-14-29(30,31)15-12-22/h4-8,19,22-26H,9-18H2,1-3H3,(H,32,37)/t23?,24-,25-,26-,36?/m0/s1. The van der Waals surface area contributed by atoms with Crippen molar-refractivity contribution in [1.82, 2.24) is 20.1 Å². The summed E-state index contributed by atoms with van der Waals surface area (Å²) in [4.78, 5) is 13.1. The molecule has 2 bridgehead atoms. The number of nitrogens with zero attached hydrogens (tertiary/aromatic N) is 4. The second-order valence-electron chi connectivity index (χ2n) is 12.1. The molecule has 3 heterocycles. The van der Waals surface area contributed by atoms with Gasteiger partial charge in [0.15, 0.2) is 0 Å². The molecule has 0 unspecified atom stereocenters. The molecule has 3 fully saturated rings. The van der Waals surface area contributed by atoms with Crippen LogP contribution in [0.2, 0.25) is 0 Å². The number of nitrogens with one attached hydrogen (secondary N) is 1. The summed E-state index contributed by atoms with van der Waals surface area (Å²) in [6, 6.07) is 9.71. The quantitative estimate of drug-likeness (QED) is 0.338. The number of halogens is 2. The molecule has 2 aliphatic heterocycles. The van der Waals surface area contributed by atoms with Crippen molar-refractivity contribution in [3.05, 3.63) is 52.8 Å². The van der Waals surface area contributed by atoms with Crippen molar-refractivity contribution >= 4 is 5.91 Å². The lowest BCUT2D eigenvalue weighted by Crippen LogP contribution is -2.57. The van der Waals surface area contributed by atoms with Gasteiger partial charge in [0, 0.05) is 62.8 Å². The zero-order valence-electron chi connectivity index (χ0n) is 22.8. The maximum absolute atomic E-state index is 14.4. The molecule has 9 heteroatoms. The molecule has 7 nitrogen and oxygen atoms in total. The summed E-state index contributed by atoms with van der Waals surface area (Å²) >= 11 is 0. The smallest absolute Gasteiger partial charge is 0.248 e. The molecule has 1 aliphatic carbocycles. The summed E-state index contributed by atoms with van der Waals surface area (Å²) in [6.07, 6.45) is 3.93. The van der Waals surface area contributed by atoms with Crippen LogP contribution in [-0.2, 0) is 4.79 Å². The maximum atomic E-state index is 14.4. The highest BCUT2D eigenvalue weighted by atomic mass is 19.3. The molecule has 38 heavy (non-hydrogen) atoms. The molecule has 1 saturated carbocycles. The number of piperidine rings is 1. The minimum Gasteiger partial charge on any atom is -0.632 e. The number of carbonyl (C=O) groups excluding carboxylic acids is 1. The lowest BCUT2D eigenvalue weighted by Gasteiger charge is -2.54. The van der Waals surface area contributed by atoms with Crippen molar-refractivity contribution in [3.8, 4) is 0 Å². The van der Waals surface area contributed by atoms with Crippen LogP contribution in [0.3, 0.4) is 0 Å². The highest BCUT2D eigenvalue weighted by Gasteiger charge is 2.50. The summed E-state index contributed by atoms with van der Waals surface area (Å²) < 4.78 is 29.3. The van der Waals surface area contributed by atoms with Gasteiger partial charge in [0.2, 0.25) is 11.8 Å². The first-order valence-electron chi connectivity index (χ1n) is 14.3. The van der Waals surface area contributed by atoms with Gasteiger partial charge in [-0.1, -0.05) is 44.2 Å². The normalized spacial score (nSPS) is 29.9. The minimum atomic E-state index is -2.67. The predicted molar refractivity (Wildman–Crippen MR) is 141 cm³/mol. The molecule has 208 valence electrons. The maximum Gasteiger partial charge on any atom is 0.248 e. The van der Waals surface area contributed by atoms with Crippen molar-refractivity contribution in [1.29, 1.82) is 0 Å². The average molecular weight is 530 g/mol. The number of aromatic nitrogens is 3. The van der Waals surface area contributed by atoms with E-state index >= 15 is 0 Å². The predicted octanol–water partition coefficient (Wildman–Crippen LogP) is 5.96. The van der Waals surface area contributed by atoms with E-state index in [2.05, 4.69) is 33.9 Å². The Balaban J connectivity index is 1.28. The first kappa shape index (κ1) is 27.2. The number of amides is 1. The van der Waals surface area contributed by atoms with Crippen LogP contribution in [0.4, 0.5) is 8.78 Å². The topological polar surface area (TPSA) is 82.9 Å². The third-order valence-corrected chi connectivity index (χ3v) is 9.31. The van der Waals surface area contributed by atoms with Gasteiger partial charge in [0.05, 0.1) is 24.7 Å². The summed E-state index contributed by atoms with van der Waals surface area (Å²) in [7, 11) is 0. The first-order valence-corrected chi connectivity index (χ1v) is 14.3. The van der Waals surface area contributed by atoms with Crippen LogP contribution < -0.4 is 5.32 Å². The van der Waals surface area contributed by atoms with Crippen LogP contribution in [0, 0.1) is 18.0 Å². The number of hydrogen-bond donors (Lipinski definition) is 1. The average Bonchev–Trinajstić information content (AvgIpc) is 3.31. The van der Waals surface area contributed by atoms with E-state index in [-0.39, 0.29) is 66.3 Å². The van der Waals surface area contributed by atoms with Gasteiger partial charge < -0.3 is 19.7 Å². The molecule has 3 atom stereocenters. The van der Waals surface area contributed by atoms with Gasteiger partial charge in [0.1, 0.15) is 11.6 Å². The van der Waals surface area contributed by atoms with Gasteiger partial charge in [-0.15, -0.1) is 10.2 Å². The van der Waals surface area contributed by atoms with E-state index in [1.54, 1.807) is 0 Å². The lowest BCUT2D eigenvalue weighted by molar-refractivity contribution is -0.922. The Bertz CT molecular complexity index is 1100. The fraction of sp³-hybridized carbons (Fsp3) is 0.690. The van der Waals surface area contributed by atoms with E-state index in [4.69, 9.17) is 0 Å². The van der Waals surface area contributed by atoms with Gasteiger partial charge in [-0.3, -0.25) is 4.79 Å². The third kappa shape index (κ3) is 5.37. The molecule has 1 N–H and O–H groups in total. The lowest BCUT2D eigenvalue weighted by atomic mass is 9.86. The molecule has 5 rings (SSSR count). The van der Waals surface area contributed by atoms with E-state index in [1.165, 1.54) is 0 Å². The second-order valence-corrected chi connectivity index (χ2v) is 12.1. The minimum absolute atomic E-state index is 0.0215. The van der Waals surface area contributed by atoms with Crippen molar-refractivity contribution in [2.45, 2.75) is 115 Å². The highest BCUT2D eigenvalue weighted by molar-refractivity contribution is 5.79. The Morgan fingerprint density at radius 2 is 1.74 bits per heavy atom. The van der Waals surface area contributed by atoms with Crippen molar-refractivity contribution in [2.24, 2.45) is 5.92 Å². The molecule has 3 aliphatic rings. The van der Waals surface area contributed by atoms with E-state index in [1.807, 2.05) is 37.3 Å². The number of aryl methyl sites for hydroxylation is 1. The Morgan fingerprint density at radius 3 is 2.34 bits per heavy atom. The molecule has 1 aromatic carbocycles. The van der Waals surface area contributed by atoms with Gasteiger partial charge in [-0.2, -0.15) is 0 Å². The van der Waals surface area contributed by atoms with Gasteiger partial charge in [-0.05, 0) is 25.3 Å². The number of hydroxylamine groups is 3. The molecule has 0 radical (unpaired) electrons. The molecule has 1 aromatic heterocycles. The molecule has 1 amide bonds. The fourth-order valence-electron chi connectivity index (χ4n) is 7.17. The van der Waals surface area contributed by atoms with Crippen molar-refractivity contribution < 1.29 is 18.2 Å². The number of benzene rings is 1. The SMILES string of the molecule is Cc1nnc(C(C)C)n1C1C[C@@H]2CC[C@@H](C1)[N+]2([O-])CC[C@H](NC(=O)C1CCC(F)(F)CC1)c1ccccc1. The van der Waals surface area contributed by atoms with Crippen molar-refractivity contribution in [3.63, 3.8) is 0 Å². The largest absolute Gasteiger partial charge is 0.632 e. The number of carbonyl (C=O) groups is 1. The highest BCUT2D eigenvalue weighted by Crippen LogP contribution is 2.47. The van der Waals surface area contributed by atoms with Gasteiger partial charge in [0.25, 0.3) is 0 Å². The van der Waals surface area contributed by atoms with E-state index < -0.39 is 11.8 Å². The summed E-state index contributed by atoms with van der Waals surface area (Å²) in [6.45, 7) is 6.68. The summed E-state index contributed by atoms with van der Waals surface area (Å²) in [5, 5.41) is 26.3. The fourth-order valence-corrected chi connectivity index (χ4v) is 7.17. The van der Waals surface area contributed by atoms with Crippen molar-refractivity contribution in [2.75, 3.05) is 6.54 Å². The van der Waals surface area contributed by atoms with Crippen LogP contribution in [0.1, 0.15) is 107 Å². The number of alkyl halides is 2. The molecular weight excluding hydrogens is 488 g/mol. The molecule has 2 saturated heterocycles. The zero-order chi connectivity index (χ0) is 27.1. The second kappa shape index (κ2) is 10.6.